The number of nitrogens with zero attached hydrogens (tertiary/aromatic N) is 1. The summed E-state index contributed by atoms with van der Waals surface area (Å²) in [5.74, 6) is 2.75. The van der Waals surface area contributed by atoms with Crippen LogP contribution < -0.4 is 5.32 Å². The van der Waals surface area contributed by atoms with Crippen LogP contribution in [0.3, 0.4) is 0 Å². The maximum absolute atomic E-state index is 12.8. The number of rotatable bonds is 2. The van der Waals surface area contributed by atoms with E-state index in [-0.39, 0.29) is 13.0 Å². The molecule has 1 fully saturated rings. The van der Waals surface area contributed by atoms with Gasteiger partial charge < -0.3 is 10.2 Å². The van der Waals surface area contributed by atoms with Crippen LogP contribution >= 0.6 is 0 Å². The fourth-order valence-corrected chi connectivity index (χ4v) is 1.38. The molecular weight excluding hydrogens is 202 g/mol. The van der Waals surface area contributed by atoms with Gasteiger partial charge in [-0.25, -0.2) is 13.6 Å². The lowest BCUT2D eigenvalue weighted by molar-refractivity contribution is 0.0154. The van der Waals surface area contributed by atoms with Crippen molar-refractivity contribution in [1.29, 1.82) is 0 Å². The largest absolute Gasteiger partial charge is 0.337 e. The molecule has 1 rings (SSSR count). The SMILES string of the molecule is CC#CCCNC(=O)N1CCC(F)(F)C1. The molecule has 0 aromatic rings. The molecule has 0 radical (unpaired) electrons. The van der Waals surface area contributed by atoms with Gasteiger partial charge in [0.05, 0.1) is 6.54 Å². The topological polar surface area (TPSA) is 32.3 Å². The van der Waals surface area contributed by atoms with Crippen LogP contribution in [0.4, 0.5) is 13.6 Å². The second-order valence-electron chi connectivity index (χ2n) is 3.44. The maximum Gasteiger partial charge on any atom is 0.317 e. The van der Waals surface area contributed by atoms with Crippen LogP contribution in [0, 0.1) is 11.8 Å². The predicted octanol–water partition coefficient (Wildman–Crippen LogP) is 1.45. The number of likely N-dealkylation sites (tertiary alicyclic amines) is 1. The first-order valence-corrected chi connectivity index (χ1v) is 4.85. The number of nitrogens with one attached hydrogen (secondary N) is 1. The number of urea groups is 1. The van der Waals surface area contributed by atoms with Gasteiger partial charge in [-0.2, -0.15) is 0 Å². The third-order valence-corrected chi connectivity index (χ3v) is 2.16. The van der Waals surface area contributed by atoms with Crippen molar-refractivity contribution < 1.29 is 13.6 Å². The Hall–Kier alpha value is -1.31. The highest BCUT2D eigenvalue weighted by molar-refractivity contribution is 5.74. The molecule has 1 N–H and O–H groups in total. The quantitative estimate of drug-likeness (QED) is 0.550. The van der Waals surface area contributed by atoms with Crippen molar-refractivity contribution in [3.8, 4) is 11.8 Å². The Morgan fingerprint density at radius 1 is 1.60 bits per heavy atom. The van der Waals surface area contributed by atoms with Crippen LogP contribution in [0.5, 0.6) is 0 Å². The van der Waals surface area contributed by atoms with E-state index in [0.29, 0.717) is 13.0 Å². The Morgan fingerprint density at radius 3 is 2.87 bits per heavy atom. The normalized spacial score (nSPS) is 18.2. The molecule has 0 bridgehead atoms. The van der Waals surface area contributed by atoms with Gasteiger partial charge in [0.25, 0.3) is 5.92 Å². The molecule has 3 nitrogen and oxygen atoms in total. The number of hydrogen-bond acceptors (Lipinski definition) is 1. The molecule has 0 aromatic carbocycles. The van der Waals surface area contributed by atoms with Gasteiger partial charge in [0.1, 0.15) is 0 Å². The van der Waals surface area contributed by atoms with Gasteiger partial charge in [0.15, 0.2) is 0 Å². The summed E-state index contributed by atoms with van der Waals surface area (Å²) >= 11 is 0. The van der Waals surface area contributed by atoms with Crippen molar-refractivity contribution in [2.75, 3.05) is 19.6 Å². The summed E-state index contributed by atoms with van der Waals surface area (Å²) in [6.07, 6.45) is 0.307. The minimum atomic E-state index is -2.72. The first kappa shape index (κ1) is 11.8. The summed E-state index contributed by atoms with van der Waals surface area (Å²) < 4.78 is 25.5. The smallest absolute Gasteiger partial charge is 0.317 e. The fraction of sp³-hybridized carbons (Fsp3) is 0.700. The highest BCUT2D eigenvalue weighted by Gasteiger charge is 2.40. The molecule has 15 heavy (non-hydrogen) atoms. The summed E-state index contributed by atoms with van der Waals surface area (Å²) in [5, 5.41) is 2.55. The first-order valence-electron chi connectivity index (χ1n) is 4.85. The molecule has 0 aliphatic carbocycles. The molecule has 1 saturated heterocycles. The van der Waals surface area contributed by atoms with Crippen molar-refractivity contribution in [2.24, 2.45) is 0 Å². The van der Waals surface area contributed by atoms with Crippen LogP contribution in [0.1, 0.15) is 19.8 Å². The summed E-state index contributed by atoms with van der Waals surface area (Å²) in [5.41, 5.74) is 0. The Kier molecular flexibility index (Phi) is 3.89. The lowest BCUT2D eigenvalue weighted by atomic mass is 10.3. The first-order chi connectivity index (χ1) is 7.05. The van der Waals surface area contributed by atoms with Crippen molar-refractivity contribution in [2.45, 2.75) is 25.7 Å². The molecule has 1 aliphatic heterocycles. The summed E-state index contributed by atoms with van der Waals surface area (Å²) in [6, 6.07) is -0.426. The molecule has 1 heterocycles. The highest BCUT2D eigenvalue weighted by atomic mass is 19.3. The molecule has 0 aromatic heterocycles. The summed E-state index contributed by atoms with van der Waals surface area (Å²) in [7, 11) is 0. The van der Waals surface area contributed by atoms with E-state index in [0.717, 1.165) is 4.90 Å². The molecule has 0 spiro atoms. The van der Waals surface area contributed by atoms with Crippen molar-refractivity contribution in [3.63, 3.8) is 0 Å². The molecule has 5 heteroatoms. The van der Waals surface area contributed by atoms with Gasteiger partial charge in [0.2, 0.25) is 0 Å². The van der Waals surface area contributed by atoms with Crippen LogP contribution in [0.25, 0.3) is 0 Å². The Morgan fingerprint density at radius 2 is 2.33 bits per heavy atom. The van der Waals surface area contributed by atoms with Gasteiger partial charge in [-0.1, -0.05) is 0 Å². The highest BCUT2D eigenvalue weighted by Crippen LogP contribution is 2.26. The van der Waals surface area contributed by atoms with Gasteiger partial charge in [-0.15, -0.1) is 11.8 Å². The summed E-state index contributed by atoms with van der Waals surface area (Å²) in [4.78, 5) is 12.5. The van der Waals surface area contributed by atoms with Crippen molar-refractivity contribution in [1.82, 2.24) is 10.2 Å². The van der Waals surface area contributed by atoms with Gasteiger partial charge in [-0.05, 0) is 6.92 Å². The average Bonchev–Trinajstić information content (AvgIpc) is 2.53. The summed E-state index contributed by atoms with van der Waals surface area (Å²) in [6.45, 7) is 1.77. The molecule has 1 aliphatic rings. The number of alkyl halides is 2. The Bertz CT molecular complexity index is 294. The lowest BCUT2D eigenvalue weighted by Crippen LogP contribution is -2.40. The van der Waals surface area contributed by atoms with Crippen molar-refractivity contribution >= 4 is 6.03 Å². The minimum Gasteiger partial charge on any atom is -0.337 e. The molecule has 0 unspecified atom stereocenters. The Balaban J connectivity index is 2.26. The van der Waals surface area contributed by atoms with E-state index in [2.05, 4.69) is 17.2 Å². The van der Waals surface area contributed by atoms with E-state index in [1.165, 1.54) is 0 Å². The van der Waals surface area contributed by atoms with E-state index in [9.17, 15) is 13.6 Å². The monoisotopic (exact) mass is 216 g/mol. The van der Waals surface area contributed by atoms with Crippen LogP contribution in [0.2, 0.25) is 0 Å². The van der Waals surface area contributed by atoms with Gasteiger partial charge >= 0.3 is 6.03 Å². The van der Waals surface area contributed by atoms with E-state index in [4.69, 9.17) is 0 Å². The van der Waals surface area contributed by atoms with Crippen molar-refractivity contribution in [3.05, 3.63) is 0 Å². The van der Waals surface area contributed by atoms with E-state index in [1.807, 2.05) is 0 Å². The zero-order valence-electron chi connectivity index (χ0n) is 8.65. The second-order valence-corrected chi connectivity index (χ2v) is 3.44. The number of halogens is 2. The predicted molar refractivity (Wildman–Crippen MR) is 52.6 cm³/mol. The molecule has 0 saturated carbocycles. The zero-order valence-corrected chi connectivity index (χ0v) is 8.65. The molecule has 2 amide bonds. The lowest BCUT2D eigenvalue weighted by Gasteiger charge is -2.16. The van der Waals surface area contributed by atoms with E-state index >= 15 is 0 Å². The molecule has 84 valence electrons. The third kappa shape index (κ3) is 3.74. The Labute approximate surface area is 87.8 Å². The van der Waals surface area contributed by atoms with Crippen LogP contribution in [-0.2, 0) is 0 Å². The number of amides is 2. The van der Waals surface area contributed by atoms with Crippen LogP contribution in [-0.4, -0.2) is 36.5 Å². The van der Waals surface area contributed by atoms with Crippen LogP contribution in [0.15, 0.2) is 0 Å². The number of hydrogen-bond donors (Lipinski definition) is 1. The van der Waals surface area contributed by atoms with Gasteiger partial charge in [0, 0.05) is 25.9 Å². The number of carbonyl (C=O) groups is 1. The van der Waals surface area contributed by atoms with Gasteiger partial charge in [-0.3, -0.25) is 0 Å². The van der Waals surface area contributed by atoms with E-state index in [1.54, 1.807) is 6.92 Å². The fourth-order valence-electron chi connectivity index (χ4n) is 1.38. The average molecular weight is 216 g/mol. The molecule has 0 atom stereocenters. The third-order valence-electron chi connectivity index (χ3n) is 2.16. The molecular formula is C10H14F2N2O. The van der Waals surface area contributed by atoms with E-state index < -0.39 is 18.5 Å². The number of carbonyl (C=O) groups excluding carboxylic acids is 1. The maximum atomic E-state index is 12.8. The minimum absolute atomic E-state index is 0.123. The standard InChI is InChI=1S/C10H14F2N2O/c1-2-3-4-6-13-9(15)14-7-5-10(11,12)8-14/h4-8H2,1H3,(H,13,15). The zero-order chi connectivity index (χ0) is 11.3. The second kappa shape index (κ2) is 4.96.